The van der Waals surface area contributed by atoms with E-state index in [1.807, 2.05) is 60.7 Å². The molecule has 2 saturated carbocycles. The first-order valence-corrected chi connectivity index (χ1v) is 9.81. The smallest absolute Gasteiger partial charge is 0.317 e. The summed E-state index contributed by atoms with van der Waals surface area (Å²) in [6.07, 6.45) is 3.31. The molecule has 2 atom stereocenters. The van der Waals surface area contributed by atoms with Crippen molar-refractivity contribution in [3.05, 3.63) is 71.8 Å². The lowest BCUT2D eigenvalue weighted by molar-refractivity contribution is -0.144. The van der Waals surface area contributed by atoms with Crippen LogP contribution in [-0.2, 0) is 9.63 Å². The third-order valence-electron chi connectivity index (χ3n) is 7.26. The predicted octanol–water partition coefficient (Wildman–Crippen LogP) is 5.56. The highest BCUT2D eigenvalue weighted by Crippen LogP contribution is 2.64. The summed E-state index contributed by atoms with van der Waals surface area (Å²) in [4.78, 5) is 18.6. The van der Waals surface area contributed by atoms with Gasteiger partial charge in [0, 0.05) is 5.41 Å². The topological polar surface area (TPSA) is 38.7 Å². The zero-order valence-corrected chi connectivity index (χ0v) is 16.3. The van der Waals surface area contributed by atoms with Gasteiger partial charge in [-0.05, 0) is 41.7 Å². The van der Waals surface area contributed by atoms with Crippen molar-refractivity contribution in [2.24, 2.45) is 21.9 Å². The summed E-state index contributed by atoms with van der Waals surface area (Å²) in [5.41, 5.74) is 3.16. The van der Waals surface area contributed by atoms with E-state index in [1.54, 1.807) is 0 Å². The molecule has 2 fully saturated rings. The van der Waals surface area contributed by atoms with Gasteiger partial charge in [0.15, 0.2) is 0 Å². The summed E-state index contributed by atoms with van der Waals surface area (Å²) < 4.78 is 0. The Morgan fingerprint density at radius 3 is 2.00 bits per heavy atom. The minimum Gasteiger partial charge on any atom is -0.317 e. The Kier molecular flexibility index (Phi) is 4.41. The third kappa shape index (κ3) is 2.90. The van der Waals surface area contributed by atoms with Crippen LogP contribution in [0.3, 0.4) is 0 Å². The van der Waals surface area contributed by atoms with Gasteiger partial charge in [-0.15, -0.1) is 0 Å². The molecule has 0 aliphatic heterocycles. The van der Waals surface area contributed by atoms with Crippen molar-refractivity contribution >= 4 is 11.7 Å². The highest BCUT2D eigenvalue weighted by molar-refractivity contribution is 5.94. The number of benzene rings is 2. The van der Waals surface area contributed by atoms with Gasteiger partial charge in [-0.3, -0.25) is 0 Å². The average molecular weight is 361 g/mol. The number of oxime groups is 1. The fourth-order valence-corrected chi connectivity index (χ4v) is 4.97. The summed E-state index contributed by atoms with van der Waals surface area (Å²) >= 11 is 0. The van der Waals surface area contributed by atoms with Crippen LogP contribution in [0, 0.1) is 16.7 Å². The largest absolute Gasteiger partial charge is 0.346 e. The van der Waals surface area contributed by atoms with E-state index in [0.29, 0.717) is 5.92 Å². The molecule has 4 rings (SSSR count). The fraction of sp³-hybridized carbons (Fsp3) is 0.417. The molecule has 0 heterocycles. The number of fused-ring (bicyclic) bond motifs is 2. The molecule has 2 aromatic rings. The monoisotopic (exact) mass is 361 g/mol. The summed E-state index contributed by atoms with van der Waals surface area (Å²) in [7, 11) is 0. The summed E-state index contributed by atoms with van der Waals surface area (Å²) in [5.74, 6) is -0.140. The molecule has 2 aliphatic rings. The molecule has 0 saturated heterocycles. The molecule has 0 N–H and O–H groups in total. The van der Waals surface area contributed by atoms with E-state index >= 15 is 0 Å². The van der Waals surface area contributed by atoms with E-state index in [-0.39, 0.29) is 16.8 Å². The maximum Gasteiger partial charge on any atom is 0.346 e. The van der Waals surface area contributed by atoms with Gasteiger partial charge in [-0.1, -0.05) is 86.6 Å². The number of carbonyl (C=O) groups excluding carboxylic acids is 1. The van der Waals surface area contributed by atoms with E-state index in [1.165, 1.54) is 6.42 Å². The Morgan fingerprint density at radius 1 is 1.00 bits per heavy atom. The highest BCUT2D eigenvalue weighted by atomic mass is 16.7. The van der Waals surface area contributed by atoms with Crippen LogP contribution < -0.4 is 0 Å². The lowest BCUT2D eigenvalue weighted by Gasteiger charge is -2.34. The van der Waals surface area contributed by atoms with Gasteiger partial charge in [-0.25, -0.2) is 4.79 Å². The number of hydrogen-bond acceptors (Lipinski definition) is 3. The Morgan fingerprint density at radius 2 is 1.56 bits per heavy atom. The minimum atomic E-state index is -0.462. The van der Waals surface area contributed by atoms with Crippen LogP contribution in [0.1, 0.15) is 57.1 Å². The van der Waals surface area contributed by atoms with Gasteiger partial charge < -0.3 is 4.84 Å². The number of rotatable bonds is 4. The van der Waals surface area contributed by atoms with Gasteiger partial charge in [0.05, 0.1) is 5.71 Å². The predicted molar refractivity (Wildman–Crippen MR) is 107 cm³/mol. The molecule has 0 aromatic heterocycles. The van der Waals surface area contributed by atoms with Crippen molar-refractivity contribution in [1.82, 2.24) is 0 Å². The summed E-state index contributed by atoms with van der Waals surface area (Å²) in [6, 6.07) is 19.6. The zero-order valence-electron chi connectivity index (χ0n) is 16.3. The quantitative estimate of drug-likeness (QED) is 0.528. The average Bonchev–Trinajstić information content (AvgIpc) is 3.01. The maximum atomic E-state index is 13.0. The first-order chi connectivity index (χ1) is 12.9. The number of hydrogen-bond donors (Lipinski definition) is 0. The van der Waals surface area contributed by atoms with Crippen LogP contribution in [0.25, 0.3) is 0 Å². The Labute approximate surface area is 161 Å². The standard InChI is InChI=1S/C24H27NO2/c1-23(2)19-14-15-24(23,3)20(16-19)25-27-22(26)21(17-10-6-4-7-11-17)18-12-8-5-9-13-18/h4-13,19,21H,14-16H2,1-3H3/b25-20+. The van der Waals surface area contributed by atoms with Gasteiger partial charge in [-0.2, -0.15) is 0 Å². The molecule has 2 aromatic carbocycles. The van der Waals surface area contributed by atoms with Crippen LogP contribution >= 0.6 is 0 Å². The SMILES string of the molecule is CC12CCC(C/C1=N\OC(=O)C(c1ccccc1)c1ccccc1)C2(C)C. The van der Waals surface area contributed by atoms with Crippen LogP contribution in [0.4, 0.5) is 0 Å². The molecule has 140 valence electrons. The zero-order chi connectivity index (χ0) is 19.1. The molecule has 0 spiro atoms. The molecular formula is C24H27NO2. The van der Waals surface area contributed by atoms with E-state index in [0.717, 1.165) is 29.7 Å². The molecule has 0 amide bonds. The van der Waals surface area contributed by atoms with Crippen LogP contribution in [0.5, 0.6) is 0 Å². The highest BCUT2D eigenvalue weighted by Gasteiger charge is 2.60. The van der Waals surface area contributed by atoms with Crippen molar-refractivity contribution in [2.45, 2.75) is 46.0 Å². The lowest BCUT2D eigenvalue weighted by atomic mass is 9.70. The minimum absolute atomic E-state index is 0.0347. The van der Waals surface area contributed by atoms with E-state index < -0.39 is 5.92 Å². The second-order valence-electron chi connectivity index (χ2n) is 8.70. The van der Waals surface area contributed by atoms with E-state index in [2.05, 4.69) is 25.9 Å². The molecule has 2 bridgehead atoms. The summed E-state index contributed by atoms with van der Waals surface area (Å²) in [5, 5.41) is 4.41. The third-order valence-corrected chi connectivity index (χ3v) is 7.26. The normalized spacial score (nSPS) is 27.3. The first-order valence-electron chi connectivity index (χ1n) is 9.81. The fourth-order valence-electron chi connectivity index (χ4n) is 4.97. The molecule has 0 radical (unpaired) electrons. The van der Waals surface area contributed by atoms with Crippen molar-refractivity contribution in [1.29, 1.82) is 0 Å². The van der Waals surface area contributed by atoms with Gasteiger partial charge >= 0.3 is 5.97 Å². The van der Waals surface area contributed by atoms with Crippen LogP contribution in [0.2, 0.25) is 0 Å². The number of nitrogens with zero attached hydrogens (tertiary/aromatic N) is 1. The Balaban J connectivity index is 1.61. The molecule has 3 nitrogen and oxygen atoms in total. The summed E-state index contributed by atoms with van der Waals surface area (Å²) in [6.45, 7) is 6.93. The van der Waals surface area contributed by atoms with Crippen LogP contribution in [-0.4, -0.2) is 11.7 Å². The van der Waals surface area contributed by atoms with Gasteiger partial charge in [0.2, 0.25) is 0 Å². The molecule has 2 unspecified atom stereocenters. The van der Waals surface area contributed by atoms with Crippen molar-refractivity contribution in [3.63, 3.8) is 0 Å². The second kappa shape index (κ2) is 6.63. The van der Waals surface area contributed by atoms with Gasteiger partial charge in [0.25, 0.3) is 0 Å². The first kappa shape index (κ1) is 18.0. The number of carbonyl (C=O) groups is 1. The van der Waals surface area contributed by atoms with Crippen molar-refractivity contribution in [2.75, 3.05) is 0 Å². The van der Waals surface area contributed by atoms with Crippen molar-refractivity contribution in [3.8, 4) is 0 Å². The van der Waals surface area contributed by atoms with E-state index in [9.17, 15) is 4.79 Å². The second-order valence-corrected chi connectivity index (χ2v) is 8.70. The van der Waals surface area contributed by atoms with E-state index in [4.69, 9.17) is 4.84 Å². The Bertz CT molecular complexity index is 817. The lowest BCUT2D eigenvalue weighted by Crippen LogP contribution is -2.32. The van der Waals surface area contributed by atoms with Crippen LogP contribution in [0.15, 0.2) is 65.8 Å². The Hall–Kier alpha value is -2.42. The molecule has 27 heavy (non-hydrogen) atoms. The molecule has 2 aliphatic carbocycles. The maximum absolute atomic E-state index is 13.0. The van der Waals surface area contributed by atoms with Crippen molar-refractivity contribution < 1.29 is 9.63 Å². The molecular weight excluding hydrogens is 334 g/mol. The molecule has 3 heteroatoms. The van der Waals surface area contributed by atoms with Gasteiger partial charge in [0.1, 0.15) is 5.92 Å².